The molecule has 0 aliphatic carbocycles. The first kappa shape index (κ1) is 14.4. The molecule has 0 spiro atoms. The minimum absolute atomic E-state index is 0.187. The molecule has 0 aliphatic heterocycles. The van der Waals surface area contributed by atoms with Gasteiger partial charge >= 0.3 is 0 Å². The minimum Gasteiger partial charge on any atom is -0.320 e. The Kier molecular flexibility index (Phi) is 5.89. The summed E-state index contributed by atoms with van der Waals surface area (Å²) in [6, 6.07) is 3.22. The summed E-state index contributed by atoms with van der Waals surface area (Å²) in [6.45, 7) is 4.36. The summed E-state index contributed by atoms with van der Waals surface area (Å²) in [7, 11) is 3.95. The van der Waals surface area contributed by atoms with Gasteiger partial charge in [0.2, 0.25) is 0 Å². The van der Waals surface area contributed by atoms with Crippen molar-refractivity contribution >= 4 is 11.6 Å². The fourth-order valence-corrected chi connectivity index (χ4v) is 1.98. The molecule has 17 heavy (non-hydrogen) atoms. The van der Waals surface area contributed by atoms with Crippen molar-refractivity contribution < 1.29 is 4.39 Å². The molecule has 1 aromatic carbocycles. The number of hydrogen-bond acceptors (Lipinski definition) is 2. The van der Waals surface area contributed by atoms with Crippen LogP contribution in [0.3, 0.4) is 0 Å². The number of benzene rings is 1. The van der Waals surface area contributed by atoms with Gasteiger partial charge in [0.1, 0.15) is 5.82 Å². The minimum atomic E-state index is -0.187. The van der Waals surface area contributed by atoms with Gasteiger partial charge in [0, 0.05) is 11.6 Å². The SMILES string of the molecule is CNCCCN(C)Cc1cc(F)c(C)cc1Cl. The number of nitrogens with one attached hydrogen (secondary N) is 1. The first-order chi connectivity index (χ1) is 8.04. The lowest BCUT2D eigenvalue weighted by molar-refractivity contribution is 0.320. The molecule has 2 nitrogen and oxygen atoms in total. The normalized spacial score (nSPS) is 11.2. The molecular weight excluding hydrogens is 239 g/mol. The first-order valence-electron chi connectivity index (χ1n) is 5.82. The summed E-state index contributed by atoms with van der Waals surface area (Å²) >= 11 is 6.10. The van der Waals surface area contributed by atoms with Crippen LogP contribution >= 0.6 is 11.6 Å². The van der Waals surface area contributed by atoms with E-state index >= 15 is 0 Å². The van der Waals surface area contributed by atoms with Gasteiger partial charge in [-0.05, 0) is 63.8 Å². The topological polar surface area (TPSA) is 15.3 Å². The summed E-state index contributed by atoms with van der Waals surface area (Å²) in [5, 5.41) is 3.75. The van der Waals surface area contributed by atoms with E-state index in [0.717, 1.165) is 25.1 Å². The van der Waals surface area contributed by atoms with E-state index < -0.39 is 0 Å². The summed E-state index contributed by atoms with van der Waals surface area (Å²) in [5.74, 6) is -0.187. The maximum atomic E-state index is 13.4. The van der Waals surface area contributed by atoms with Gasteiger partial charge < -0.3 is 10.2 Å². The quantitative estimate of drug-likeness (QED) is 0.790. The maximum absolute atomic E-state index is 13.4. The molecular formula is C13H20ClFN2. The fraction of sp³-hybridized carbons (Fsp3) is 0.538. The highest BCUT2D eigenvalue weighted by Crippen LogP contribution is 2.21. The van der Waals surface area contributed by atoms with Gasteiger partial charge in [0.25, 0.3) is 0 Å². The van der Waals surface area contributed by atoms with Crippen LogP contribution in [0.25, 0.3) is 0 Å². The summed E-state index contributed by atoms with van der Waals surface area (Å²) in [4.78, 5) is 2.15. The number of aryl methyl sites for hydroxylation is 1. The lowest BCUT2D eigenvalue weighted by Crippen LogP contribution is -2.22. The molecule has 1 rings (SSSR count). The van der Waals surface area contributed by atoms with Crippen molar-refractivity contribution in [3.8, 4) is 0 Å². The van der Waals surface area contributed by atoms with Crippen molar-refractivity contribution in [3.63, 3.8) is 0 Å². The van der Waals surface area contributed by atoms with E-state index in [1.807, 2.05) is 14.1 Å². The van der Waals surface area contributed by atoms with Crippen molar-refractivity contribution in [2.24, 2.45) is 0 Å². The Morgan fingerprint density at radius 2 is 2.12 bits per heavy atom. The second-order valence-corrected chi connectivity index (χ2v) is 4.79. The second kappa shape index (κ2) is 6.94. The van der Waals surface area contributed by atoms with Gasteiger partial charge in [0.15, 0.2) is 0 Å². The first-order valence-corrected chi connectivity index (χ1v) is 6.20. The van der Waals surface area contributed by atoms with Gasteiger partial charge in [0.05, 0.1) is 0 Å². The molecule has 1 aromatic rings. The number of nitrogens with zero attached hydrogens (tertiary/aromatic N) is 1. The Balaban J connectivity index is 2.58. The zero-order valence-corrected chi connectivity index (χ0v) is 11.4. The predicted molar refractivity (Wildman–Crippen MR) is 71.0 cm³/mol. The van der Waals surface area contributed by atoms with Crippen LogP contribution in [0.5, 0.6) is 0 Å². The van der Waals surface area contributed by atoms with Gasteiger partial charge in [-0.3, -0.25) is 0 Å². The van der Waals surface area contributed by atoms with Crippen LogP contribution in [-0.2, 0) is 6.54 Å². The number of rotatable bonds is 6. The van der Waals surface area contributed by atoms with E-state index in [9.17, 15) is 4.39 Å². The lowest BCUT2D eigenvalue weighted by Gasteiger charge is -2.17. The lowest BCUT2D eigenvalue weighted by atomic mass is 10.1. The number of halogens is 2. The van der Waals surface area contributed by atoms with Crippen LogP contribution in [0.4, 0.5) is 4.39 Å². The Labute approximate surface area is 108 Å². The number of hydrogen-bond donors (Lipinski definition) is 1. The molecule has 0 bridgehead atoms. The molecule has 96 valence electrons. The third-order valence-electron chi connectivity index (χ3n) is 2.73. The molecule has 0 aromatic heterocycles. The Bertz CT molecular complexity index is 369. The Hall–Kier alpha value is -0.640. The molecule has 0 aliphatic rings. The third-order valence-corrected chi connectivity index (χ3v) is 3.09. The van der Waals surface area contributed by atoms with Crippen LogP contribution in [-0.4, -0.2) is 32.1 Å². The van der Waals surface area contributed by atoms with Crippen molar-refractivity contribution in [2.45, 2.75) is 19.9 Å². The molecule has 0 atom stereocenters. The molecule has 0 radical (unpaired) electrons. The summed E-state index contributed by atoms with van der Waals surface area (Å²) < 4.78 is 13.4. The molecule has 0 heterocycles. The van der Waals surface area contributed by atoms with Crippen molar-refractivity contribution in [1.29, 1.82) is 0 Å². The monoisotopic (exact) mass is 258 g/mol. The molecule has 0 amide bonds. The smallest absolute Gasteiger partial charge is 0.126 e. The van der Waals surface area contributed by atoms with Crippen molar-refractivity contribution in [3.05, 3.63) is 34.1 Å². The molecule has 4 heteroatoms. The largest absolute Gasteiger partial charge is 0.320 e. The molecule has 0 fully saturated rings. The van der Waals surface area contributed by atoms with Crippen LogP contribution < -0.4 is 5.32 Å². The maximum Gasteiger partial charge on any atom is 0.126 e. The highest BCUT2D eigenvalue weighted by molar-refractivity contribution is 6.31. The molecule has 0 saturated heterocycles. The standard InChI is InChI=1S/C13H20ClFN2/c1-10-7-12(14)11(8-13(10)15)9-17(3)6-4-5-16-2/h7-8,16H,4-6,9H2,1-3H3. The Morgan fingerprint density at radius 1 is 1.41 bits per heavy atom. The summed E-state index contributed by atoms with van der Waals surface area (Å²) in [5.41, 5.74) is 1.44. The van der Waals surface area contributed by atoms with E-state index in [1.165, 1.54) is 6.07 Å². The van der Waals surface area contributed by atoms with Gasteiger partial charge in [-0.2, -0.15) is 0 Å². The summed E-state index contributed by atoms with van der Waals surface area (Å²) in [6.07, 6.45) is 1.07. The Morgan fingerprint density at radius 3 is 2.76 bits per heavy atom. The second-order valence-electron chi connectivity index (χ2n) is 4.39. The highest BCUT2D eigenvalue weighted by Gasteiger charge is 2.08. The highest BCUT2D eigenvalue weighted by atomic mass is 35.5. The zero-order valence-electron chi connectivity index (χ0n) is 10.7. The van der Waals surface area contributed by atoms with E-state index in [1.54, 1.807) is 13.0 Å². The average Bonchev–Trinajstić information content (AvgIpc) is 2.26. The van der Waals surface area contributed by atoms with Crippen LogP contribution in [0.1, 0.15) is 17.5 Å². The predicted octanol–water partition coefficient (Wildman–Crippen LogP) is 2.83. The van der Waals surface area contributed by atoms with Crippen LogP contribution in [0, 0.1) is 12.7 Å². The van der Waals surface area contributed by atoms with Gasteiger partial charge in [-0.25, -0.2) is 4.39 Å². The van der Waals surface area contributed by atoms with E-state index in [-0.39, 0.29) is 5.82 Å². The molecule has 0 unspecified atom stereocenters. The van der Waals surface area contributed by atoms with Gasteiger partial charge in [-0.1, -0.05) is 11.6 Å². The van der Waals surface area contributed by atoms with Crippen molar-refractivity contribution in [1.82, 2.24) is 10.2 Å². The van der Waals surface area contributed by atoms with E-state index in [4.69, 9.17) is 11.6 Å². The van der Waals surface area contributed by atoms with E-state index in [0.29, 0.717) is 17.1 Å². The molecule has 1 N–H and O–H groups in total. The zero-order chi connectivity index (χ0) is 12.8. The fourth-order valence-electron chi connectivity index (χ4n) is 1.70. The van der Waals surface area contributed by atoms with Crippen LogP contribution in [0.2, 0.25) is 5.02 Å². The third kappa shape index (κ3) is 4.62. The van der Waals surface area contributed by atoms with Crippen LogP contribution in [0.15, 0.2) is 12.1 Å². The van der Waals surface area contributed by atoms with Crippen molar-refractivity contribution in [2.75, 3.05) is 27.2 Å². The molecule has 0 saturated carbocycles. The van der Waals surface area contributed by atoms with Gasteiger partial charge in [-0.15, -0.1) is 0 Å². The van der Waals surface area contributed by atoms with E-state index in [2.05, 4.69) is 10.2 Å². The average molecular weight is 259 g/mol.